The van der Waals surface area contributed by atoms with Crippen LogP contribution in [-0.4, -0.2) is 15.8 Å². The minimum Gasteiger partial charge on any atom is -0.489 e. The zero-order chi connectivity index (χ0) is 21.0. The molecule has 0 unspecified atom stereocenters. The van der Waals surface area contributed by atoms with E-state index in [1.54, 1.807) is 11.4 Å². The first-order valence-electron chi connectivity index (χ1n) is 8.03. The number of carbonyl (C=O) groups excluding carboxylic acids is 1. The number of nitro groups is 2. The first-order chi connectivity index (χ1) is 13.8. The Labute approximate surface area is 172 Å². The lowest BCUT2D eigenvalue weighted by molar-refractivity contribution is -0.385. The van der Waals surface area contributed by atoms with Crippen LogP contribution in [0.3, 0.4) is 0 Å². The molecule has 29 heavy (non-hydrogen) atoms. The standard InChI is InChI=1S/C18H12ClN3O6S/c19-15-8-13(22(26)27)3-6-16(15)20-18(23)17-7-11(10-29-17)9-28-14-4-1-12(2-5-14)21(24)25/h1-8,10H,9H2,(H,20,23). The van der Waals surface area contributed by atoms with Gasteiger partial charge in [0.2, 0.25) is 0 Å². The number of benzene rings is 2. The maximum absolute atomic E-state index is 12.4. The van der Waals surface area contributed by atoms with Gasteiger partial charge in [-0.3, -0.25) is 25.0 Å². The summed E-state index contributed by atoms with van der Waals surface area (Å²) in [6.45, 7) is 0.180. The summed E-state index contributed by atoms with van der Waals surface area (Å²) < 4.78 is 5.56. The fourth-order valence-corrected chi connectivity index (χ4v) is 3.32. The Bertz CT molecular complexity index is 1080. The van der Waals surface area contributed by atoms with Gasteiger partial charge in [-0.25, -0.2) is 0 Å². The van der Waals surface area contributed by atoms with Crippen molar-refractivity contribution in [3.8, 4) is 5.75 Å². The number of nitrogens with one attached hydrogen (secondary N) is 1. The second kappa shape index (κ2) is 8.67. The quantitative estimate of drug-likeness (QED) is 0.410. The lowest BCUT2D eigenvalue weighted by Crippen LogP contribution is -2.10. The van der Waals surface area contributed by atoms with Crippen molar-refractivity contribution < 1.29 is 19.4 Å². The van der Waals surface area contributed by atoms with E-state index in [0.717, 1.165) is 11.6 Å². The van der Waals surface area contributed by atoms with Gasteiger partial charge in [-0.05, 0) is 29.6 Å². The molecule has 0 aliphatic rings. The average molecular weight is 434 g/mol. The topological polar surface area (TPSA) is 125 Å². The molecular formula is C18H12ClN3O6S. The highest BCUT2D eigenvalue weighted by atomic mass is 35.5. The molecule has 1 aromatic heterocycles. The summed E-state index contributed by atoms with van der Waals surface area (Å²) in [6.07, 6.45) is 0. The maximum Gasteiger partial charge on any atom is 0.271 e. The third kappa shape index (κ3) is 5.06. The second-order valence-corrected chi connectivity index (χ2v) is 7.05. The van der Waals surface area contributed by atoms with E-state index in [0.29, 0.717) is 10.6 Å². The predicted molar refractivity (Wildman–Crippen MR) is 108 cm³/mol. The van der Waals surface area contributed by atoms with Crippen LogP contribution in [0.5, 0.6) is 5.75 Å². The Morgan fingerprint density at radius 1 is 1.03 bits per heavy atom. The number of amides is 1. The van der Waals surface area contributed by atoms with Crippen molar-refractivity contribution in [1.82, 2.24) is 0 Å². The Balaban J connectivity index is 1.61. The van der Waals surface area contributed by atoms with Crippen LogP contribution in [0, 0.1) is 20.2 Å². The molecule has 0 atom stereocenters. The number of carbonyl (C=O) groups is 1. The van der Waals surface area contributed by atoms with E-state index < -0.39 is 15.8 Å². The molecule has 3 rings (SSSR count). The molecule has 0 radical (unpaired) electrons. The summed E-state index contributed by atoms with van der Waals surface area (Å²) in [7, 11) is 0. The third-order valence-corrected chi connectivity index (χ3v) is 5.03. The summed E-state index contributed by atoms with van der Waals surface area (Å²) in [5, 5.41) is 25.8. The van der Waals surface area contributed by atoms with Crippen LogP contribution in [0.1, 0.15) is 15.2 Å². The molecule has 3 aromatic rings. The molecule has 0 spiro atoms. The van der Waals surface area contributed by atoms with Gasteiger partial charge >= 0.3 is 0 Å². The van der Waals surface area contributed by atoms with E-state index in [1.165, 1.54) is 47.7 Å². The smallest absolute Gasteiger partial charge is 0.271 e. The summed E-state index contributed by atoms with van der Waals surface area (Å²) in [5.74, 6) is 0.0535. The van der Waals surface area contributed by atoms with Gasteiger partial charge < -0.3 is 10.1 Å². The van der Waals surface area contributed by atoms with Gasteiger partial charge in [0.25, 0.3) is 17.3 Å². The number of hydrogen-bond acceptors (Lipinski definition) is 7. The number of non-ortho nitro benzene ring substituents is 2. The van der Waals surface area contributed by atoms with E-state index in [9.17, 15) is 25.0 Å². The summed E-state index contributed by atoms with van der Waals surface area (Å²) in [5.41, 5.74) is 0.805. The summed E-state index contributed by atoms with van der Waals surface area (Å²) in [6, 6.07) is 11.1. The minimum absolute atomic E-state index is 0.0308. The Morgan fingerprint density at radius 2 is 1.69 bits per heavy atom. The Kier molecular flexibility index (Phi) is 6.05. The molecule has 2 aromatic carbocycles. The number of anilines is 1. The molecule has 1 N–H and O–H groups in total. The fraction of sp³-hybridized carbons (Fsp3) is 0.0556. The van der Waals surface area contributed by atoms with Crippen molar-refractivity contribution in [3.63, 3.8) is 0 Å². The van der Waals surface area contributed by atoms with Gasteiger partial charge in [0, 0.05) is 29.8 Å². The summed E-state index contributed by atoms with van der Waals surface area (Å²) in [4.78, 5) is 33.1. The normalized spacial score (nSPS) is 10.4. The molecule has 0 aliphatic carbocycles. The molecule has 9 nitrogen and oxygen atoms in total. The molecule has 0 fully saturated rings. The zero-order valence-corrected chi connectivity index (χ0v) is 16.1. The van der Waals surface area contributed by atoms with Gasteiger partial charge in [0.05, 0.1) is 25.4 Å². The molecule has 1 heterocycles. The lowest BCUT2D eigenvalue weighted by Gasteiger charge is -2.06. The Hall–Kier alpha value is -3.50. The van der Waals surface area contributed by atoms with Crippen molar-refractivity contribution in [1.29, 1.82) is 0 Å². The van der Waals surface area contributed by atoms with Crippen LogP contribution in [0.25, 0.3) is 0 Å². The first-order valence-corrected chi connectivity index (χ1v) is 9.29. The Morgan fingerprint density at radius 3 is 2.31 bits per heavy atom. The number of hydrogen-bond donors (Lipinski definition) is 1. The summed E-state index contributed by atoms with van der Waals surface area (Å²) >= 11 is 7.18. The van der Waals surface area contributed by atoms with E-state index in [-0.39, 0.29) is 28.7 Å². The van der Waals surface area contributed by atoms with Crippen LogP contribution in [0.15, 0.2) is 53.9 Å². The number of rotatable bonds is 7. The predicted octanol–water partition coefficient (Wildman–Crippen LogP) is 5.05. The largest absolute Gasteiger partial charge is 0.489 e. The van der Waals surface area contributed by atoms with E-state index in [1.807, 2.05) is 0 Å². The van der Waals surface area contributed by atoms with Crippen molar-refractivity contribution >= 4 is 45.9 Å². The number of ether oxygens (including phenoxy) is 1. The van der Waals surface area contributed by atoms with Crippen LogP contribution >= 0.6 is 22.9 Å². The monoisotopic (exact) mass is 433 g/mol. The highest BCUT2D eigenvalue weighted by Crippen LogP contribution is 2.28. The van der Waals surface area contributed by atoms with Crippen LogP contribution in [0.4, 0.5) is 17.1 Å². The second-order valence-electron chi connectivity index (χ2n) is 5.73. The number of thiophene rings is 1. The van der Waals surface area contributed by atoms with Gasteiger partial charge in [-0.1, -0.05) is 11.6 Å². The number of halogens is 1. The SMILES string of the molecule is O=C(Nc1ccc([N+](=O)[O-])cc1Cl)c1cc(COc2ccc([N+](=O)[O-])cc2)cs1. The fourth-order valence-electron chi connectivity index (χ4n) is 2.30. The minimum atomic E-state index is -0.575. The van der Waals surface area contributed by atoms with E-state index in [4.69, 9.17) is 16.3 Å². The van der Waals surface area contributed by atoms with Gasteiger partial charge in [-0.2, -0.15) is 0 Å². The molecule has 0 saturated carbocycles. The van der Waals surface area contributed by atoms with E-state index >= 15 is 0 Å². The van der Waals surface area contributed by atoms with Crippen LogP contribution in [-0.2, 0) is 6.61 Å². The molecule has 0 aliphatic heterocycles. The van der Waals surface area contributed by atoms with Gasteiger partial charge in [0.15, 0.2) is 0 Å². The van der Waals surface area contributed by atoms with Crippen molar-refractivity contribution in [2.45, 2.75) is 6.61 Å². The maximum atomic E-state index is 12.4. The van der Waals surface area contributed by atoms with Gasteiger partial charge in [0.1, 0.15) is 12.4 Å². The average Bonchev–Trinajstić information content (AvgIpc) is 3.17. The number of nitro benzene ring substituents is 2. The van der Waals surface area contributed by atoms with Crippen molar-refractivity contribution in [2.24, 2.45) is 0 Å². The van der Waals surface area contributed by atoms with Crippen molar-refractivity contribution in [3.05, 3.63) is 89.6 Å². The molecular weight excluding hydrogens is 422 g/mol. The van der Waals surface area contributed by atoms with Gasteiger partial charge in [-0.15, -0.1) is 11.3 Å². The lowest BCUT2D eigenvalue weighted by atomic mass is 10.2. The number of nitrogens with zero attached hydrogens (tertiary/aromatic N) is 2. The molecule has 1 amide bonds. The third-order valence-electron chi connectivity index (χ3n) is 3.74. The highest BCUT2D eigenvalue weighted by molar-refractivity contribution is 7.12. The molecule has 0 saturated heterocycles. The highest BCUT2D eigenvalue weighted by Gasteiger charge is 2.14. The molecule has 11 heteroatoms. The van der Waals surface area contributed by atoms with E-state index in [2.05, 4.69) is 5.32 Å². The zero-order valence-electron chi connectivity index (χ0n) is 14.5. The first kappa shape index (κ1) is 20.2. The van der Waals surface area contributed by atoms with Crippen LogP contribution < -0.4 is 10.1 Å². The molecule has 0 bridgehead atoms. The van der Waals surface area contributed by atoms with Crippen molar-refractivity contribution in [2.75, 3.05) is 5.32 Å². The molecule has 148 valence electrons. The van der Waals surface area contributed by atoms with Crippen LogP contribution in [0.2, 0.25) is 5.02 Å².